The highest BCUT2D eigenvalue weighted by molar-refractivity contribution is 7.37. The van der Waals surface area contributed by atoms with Gasteiger partial charge in [-0.05, 0) is 28.0 Å². The van der Waals surface area contributed by atoms with Crippen molar-refractivity contribution in [2.45, 2.75) is 25.9 Å². The van der Waals surface area contributed by atoms with E-state index in [9.17, 15) is 0 Å². The molecule has 0 heterocycles. The maximum Gasteiger partial charge on any atom is -0.00750 e. The number of hydrogen-bond acceptors (Lipinski definition) is 1. The van der Waals surface area contributed by atoms with E-state index in [4.69, 9.17) is 0 Å². The Bertz CT molecular complexity index is 63.4. The molecule has 1 nitrogen and oxygen atoms in total. The van der Waals surface area contributed by atoms with E-state index in [-0.39, 0.29) is 0 Å². The number of rotatable bonds is 1. The summed E-state index contributed by atoms with van der Waals surface area (Å²) >= 11 is 0. The fraction of sp³-hybridized carbons (Fsp3) is 1.00. The van der Waals surface area contributed by atoms with Crippen molar-refractivity contribution in [3.63, 3.8) is 0 Å². The molecule has 1 atom stereocenters. The topological polar surface area (TPSA) is 3.24 Å². The first kappa shape index (κ1) is 8.39. The largest absolute Gasteiger partial charge is 0.290 e. The normalized spacial score (nSPS) is 14.2. The lowest BCUT2D eigenvalue weighted by atomic mass is 10.3. The molecule has 0 radical (unpaired) electrons. The maximum absolute atomic E-state index is 2.26. The van der Waals surface area contributed by atoms with Crippen molar-refractivity contribution in [2.24, 2.45) is 0 Å². The van der Waals surface area contributed by atoms with Crippen molar-refractivity contribution >= 4 is 8.73 Å². The van der Waals surface area contributed by atoms with Gasteiger partial charge in [0.2, 0.25) is 0 Å². The van der Waals surface area contributed by atoms with Crippen LogP contribution >= 0.6 is 8.73 Å². The van der Waals surface area contributed by atoms with Crippen LogP contribution in [-0.4, -0.2) is 23.9 Å². The first-order valence-corrected chi connectivity index (χ1v) is 3.82. The molecule has 1 unspecified atom stereocenters. The van der Waals surface area contributed by atoms with Crippen molar-refractivity contribution in [3.8, 4) is 0 Å². The summed E-state index contributed by atoms with van der Waals surface area (Å²) in [6, 6.07) is 0. The van der Waals surface area contributed by atoms with Gasteiger partial charge in [0.05, 0.1) is 0 Å². The zero-order valence-corrected chi connectivity index (χ0v) is 7.45. The van der Waals surface area contributed by atoms with Crippen LogP contribution in [0.3, 0.4) is 0 Å². The number of nitrogens with zero attached hydrogens (tertiary/aromatic N) is 1. The van der Waals surface area contributed by atoms with Crippen LogP contribution in [0, 0.1) is 0 Å². The molecule has 0 aliphatic rings. The van der Waals surface area contributed by atoms with E-state index in [0.29, 0.717) is 5.16 Å². The molecular weight excluding hydrogens is 117 g/mol. The lowest BCUT2D eigenvalue weighted by Crippen LogP contribution is -2.12. The molecule has 0 fully saturated rings. The van der Waals surface area contributed by atoms with Gasteiger partial charge in [-0.2, -0.15) is 0 Å². The number of hydrogen-bond donors (Lipinski definition) is 0. The van der Waals surface area contributed by atoms with Gasteiger partial charge < -0.3 is 0 Å². The van der Waals surface area contributed by atoms with E-state index >= 15 is 0 Å². The first-order valence-electron chi connectivity index (χ1n) is 2.87. The van der Waals surface area contributed by atoms with Gasteiger partial charge in [-0.25, -0.2) is 0 Å². The second-order valence-corrected chi connectivity index (χ2v) is 5.87. The third-order valence-electron chi connectivity index (χ3n) is 0.559. The van der Waals surface area contributed by atoms with Crippen molar-refractivity contribution in [2.75, 3.05) is 14.1 Å². The Morgan fingerprint density at radius 3 is 1.50 bits per heavy atom. The summed E-state index contributed by atoms with van der Waals surface area (Å²) in [5.41, 5.74) is 0. The Kier molecular flexibility index (Phi) is 2.93. The summed E-state index contributed by atoms with van der Waals surface area (Å²) in [4.78, 5) is 0. The summed E-state index contributed by atoms with van der Waals surface area (Å²) in [5.74, 6) is 0. The van der Waals surface area contributed by atoms with Crippen molar-refractivity contribution in [3.05, 3.63) is 0 Å². The summed E-state index contributed by atoms with van der Waals surface area (Å²) in [7, 11) is 5.16. The summed E-state index contributed by atoms with van der Waals surface area (Å²) in [5, 5.41) is 0.476. The molecule has 50 valence electrons. The zero-order valence-electron chi connectivity index (χ0n) is 6.45. The van der Waals surface area contributed by atoms with Crippen LogP contribution in [0.1, 0.15) is 20.8 Å². The van der Waals surface area contributed by atoms with E-state index in [1.54, 1.807) is 0 Å². The first-order chi connectivity index (χ1) is 3.42. The van der Waals surface area contributed by atoms with Crippen LogP contribution in [0.2, 0.25) is 0 Å². The van der Waals surface area contributed by atoms with Crippen LogP contribution in [0.25, 0.3) is 0 Å². The molecule has 0 aromatic rings. The Labute approximate surface area is 54.3 Å². The molecule has 0 bridgehead atoms. The van der Waals surface area contributed by atoms with Gasteiger partial charge >= 0.3 is 0 Å². The van der Waals surface area contributed by atoms with Gasteiger partial charge in [-0.3, -0.25) is 4.67 Å². The highest BCUT2D eigenvalue weighted by Crippen LogP contribution is 2.31. The second kappa shape index (κ2) is 2.80. The van der Waals surface area contributed by atoms with Crippen LogP contribution in [0.4, 0.5) is 0 Å². The minimum atomic E-state index is 0.476. The standard InChI is InChI=1S/C6H16NP/c1-6(2,3)8-7(4)5/h8H,1-5H3. The molecular formula is C6H16NP. The smallest absolute Gasteiger partial charge is 0.00750 e. The van der Waals surface area contributed by atoms with Gasteiger partial charge in [0.25, 0.3) is 0 Å². The summed E-state index contributed by atoms with van der Waals surface area (Å²) < 4.78 is 2.24. The minimum Gasteiger partial charge on any atom is -0.290 e. The highest BCUT2D eigenvalue weighted by atomic mass is 31.1. The fourth-order valence-corrected chi connectivity index (χ4v) is 2.01. The van der Waals surface area contributed by atoms with Crippen LogP contribution in [0.15, 0.2) is 0 Å². The third kappa shape index (κ3) is 6.39. The van der Waals surface area contributed by atoms with Gasteiger partial charge in [0.15, 0.2) is 0 Å². The Morgan fingerprint density at radius 1 is 1.12 bits per heavy atom. The van der Waals surface area contributed by atoms with Gasteiger partial charge in [-0.1, -0.05) is 20.8 Å². The minimum absolute atomic E-state index is 0.476. The Hall–Kier alpha value is 0.390. The monoisotopic (exact) mass is 133 g/mol. The molecule has 0 saturated carbocycles. The molecule has 0 aliphatic heterocycles. The average Bonchev–Trinajstić information content (AvgIpc) is 1.21. The molecule has 0 aromatic heterocycles. The lowest BCUT2D eigenvalue weighted by molar-refractivity contribution is 0.648. The lowest BCUT2D eigenvalue weighted by Gasteiger charge is -2.22. The summed E-state index contributed by atoms with van der Waals surface area (Å²) in [6.45, 7) is 6.77. The second-order valence-electron chi connectivity index (χ2n) is 3.26. The molecule has 0 spiro atoms. The van der Waals surface area contributed by atoms with Crippen molar-refractivity contribution in [1.29, 1.82) is 0 Å². The molecule has 0 saturated heterocycles. The molecule has 0 N–H and O–H groups in total. The van der Waals surface area contributed by atoms with Gasteiger partial charge in [0, 0.05) is 0 Å². The SMILES string of the molecule is CN(C)PC(C)(C)C. The van der Waals surface area contributed by atoms with Crippen LogP contribution in [-0.2, 0) is 0 Å². The Morgan fingerprint density at radius 2 is 1.50 bits per heavy atom. The van der Waals surface area contributed by atoms with E-state index in [1.165, 1.54) is 0 Å². The zero-order chi connectivity index (χ0) is 6.78. The quantitative estimate of drug-likeness (QED) is 0.494. The Balaban J connectivity index is 3.39. The van der Waals surface area contributed by atoms with Gasteiger partial charge in [0.1, 0.15) is 0 Å². The fourth-order valence-electron chi connectivity index (χ4n) is 0.671. The molecule has 0 aliphatic carbocycles. The van der Waals surface area contributed by atoms with E-state index in [0.717, 1.165) is 8.73 Å². The predicted molar refractivity (Wildman–Crippen MR) is 41.8 cm³/mol. The maximum atomic E-state index is 2.26. The molecule has 0 amide bonds. The predicted octanol–water partition coefficient (Wildman–Crippen LogP) is 1.94. The van der Waals surface area contributed by atoms with Crippen molar-refractivity contribution in [1.82, 2.24) is 4.67 Å². The molecule has 8 heavy (non-hydrogen) atoms. The average molecular weight is 133 g/mol. The van der Waals surface area contributed by atoms with Crippen molar-refractivity contribution < 1.29 is 0 Å². The third-order valence-corrected chi connectivity index (χ3v) is 1.68. The molecule has 2 heteroatoms. The highest BCUT2D eigenvalue weighted by Gasteiger charge is 2.09. The molecule has 0 aromatic carbocycles. The van der Waals surface area contributed by atoms with E-state index in [2.05, 4.69) is 39.5 Å². The summed E-state index contributed by atoms with van der Waals surface area (Å²) in [6.07, 6.45) is 0. The van der Waals surface area contributed by atoms with Crippen LogP contribution in [0.5, 0.6) is 0 Å². The van der Waals surface area contributed by atoms with Gasteiger partial charge in [-0.15, -0.1) is 0 Å². The molecule has 0 rings (SSSR count). The van der Waals surface area contributed by atoms with E-state index < -0.39 is 0 Å². The van der Waals surface area contributed by atoms with Crippen LogP contribution < -0.4 is 0 Å². The van der Waals surface area contributed by atoms with E-state index in [1.807, 2.05) is 0 Å².